The van der Waals surface area contributed by atoms with Gasteiger partial charge in [0.05, 0.1) is 10.5 Å². The van der Waals surface area contributed by atoms with Gasteiger partial charge >= 0.3 is 0 Å². The van der Waals surface area contributed by atoms with Crippen molar-refractivity contribution in [1.82, 2.24) is 14.1 Å². The number of nitrogens with zero attached hydrogens (tertiary/aromatic N) is 3. The average molecular weight is 431 g/mol. The molecule has 7 nitrogen and oxygen atoms in total. The average Bonchev–Trinajstić information content (AvgIpc) is 2.74. The van der Waals surface area contributed by atoms with Gasteiger partial charge < -0.3 is 10.6 Å². The fourth-order valence-corrected chi connectivity index (χ4v) is 4.60. The molecule has 8 heteroatoms. The molecular formula is C22H30N4O3S. The highest BCUT2D eigenvalue weighted by Gasteiger charge is 2.26. The number of nitrogen functional groups attached to an aromatic ring is 1. The van der Waals surface area contributed by atoms with Gasteiger partial charge in [0, 0.05) is 52.5 Å². The van der Waals surface area contributed by atoms with Crippen LogP contribution in [-0.4, -0.2) is 75.2 Å². The molecule has 2 aromatic rings. The highest BCUT2D eigenvalue weighted by Crippen LogP contribution is 2.23. The molecule has 1 fully saturated rings. The van der Waals surface area contributed by atoms with Gasteiger partial charge in [0.1, 0.15) is 0 Å². The molecule has 2 aromatic carbocycles. The number of hydrogen-bond acceptors (Lipinski definition) is 5. The predicted octanol–water partition coefficient (Wildman–Crippen LogP) is 2.08. The molecule has 0 aromatic heterocycles. The summed E-state index contributed by atoms with van der Waals surface area (Å²) in [4.78, 5) is 17.2. The lowest BCUT2D eigenvalue weighted by atomic mass is 10.0. The molecule has 1 atom stereocenters. The molecule has 162 valence electrons. The number of carbonyl (C=O) groups excluding carboxylic acids is 1. The van der Waals surface area contributed by atoms with Gasteiger partial charge in [-0.25, -0.2) is 12.7 Å². The van der Waals surface area contributed by atoms with Gasteiger partial charge in [-0.1, -0.05) is 37.3 Å². The Hall–Kier alpha value is -2.42. The van der Waals surface area contributed by atoms with Crippen molar-refractivity contribution in [1.29, 1.82) is 0 Å². The molecule has 1 aliphatic heterocycles. The van der Waals surface area contributed by atoms with Crippen LogP contribution in [0.4, 0.5) is 5.69 Å². The van der Waals surface area contributed by atoms with Crippen LogP contribution in [0.2, 0.25) is 0 Å². The molecule has 3 rings (SSSR count). The number of carbonyl (C=O) groups is 1. The molecule has 1 unspecified atom stereocenters. The Morgan fingerprint density at radius 1 is 1.07 bits per heavy atom. The van der Waals surface area contributed by atoms with Gasteiger partial charge in [0.15, 0.2) is 0 Å². The van der Waals surface area contributed by atoms with E-state index in [-0.39, 0.29) is 22.1 Å². The van der Waals surface area contributed by atoms with Crippen LogP contribution in [0.15, 0.2) is 53.4 Å². The number of amides is 1. The molecule has 0 bridgehead atoms. The first-order valence-corrected chi connectivity index (χ1v) is 11.5. The molecule has 2 N–H and O–H groups in total. The third-order valence-corrected chi connectivity index (χ3v) is 7.41. The summed E-state index contributed by atoms with van der Waals surface area (Å²) in [6, 6.07) is 14.7. The van der Waals surface area contributed by atoms with Crippen LogP contribution in [0.1, 0.15) is 28.8 Å². The fraction of sp³-hybridized carbons (Fsp3) is 0.409. The van der Waals surface area contributed by atoms with Gasteiger partial charge in [0.2, 0.25) is 10.0 Å². The summed E-state index contributed by atoms with van der Waals surface area (Å²) < 4.78 is 25.9. The number of sulfonamides is 1. The normalized spacial score (nSPS) is 16.6. The van der Waals surface area contributed by atoms with E-state index in [1.807, 2.05) is 6.07 Å². The first kappa shape index (κ1) is 22.3. The van der Waals surface area contributed by atoms with Crippen LogP contribution in [0, 0.1) is 0 Å². The minimum Gasteiger partial charge on any atom is -0.398 e. The van der Waals surface area contributed by atoms with E-state index >= 15 is 0 Å². The summed E-state index contributed by atoms with van der Waals surface area (Å²) in [6.07, 6.45) is 0. The Labute approximate surface area is 179 Å². The largest absolute Gasteiger partial charge is 0.398 e. The van der Waals surface area contributed by atoms with E-state index in [4.69, 9.17) is 5.73 Å². The zero-order valence-electron chi connectivity index (χ0n) is 17.8. The summed E-state index contributed by atoms with van der Waals surface area (Å²) in [7, 11) is -0.708. The van der Waals surface area contributed by atoms with E-state index < -0.39 is 10.0 Å². The molecule has 0 aliphatic carbocycles. The van der Waals surface area contributed by atoms with Gasteiger partial charge in [-0.3, -0.25) is 9.69 Å². The van der Waals surface area contributed by atoms with Crippen LogP contribution >= 0.6 is 0 Å². The Balaban J connectivity index is 1.65. The smallest absolute Gasteiger partial charge is 0.256 e. The van der Waals surface area contributed by atoms with E-state index in [1.54, 1.807) is 4.90 Å². The fourth-order valence-electron chi connectivity index (χ4n) is 3.67. The highest BCUT2D eigenvalue weighted by molar-refractivity contribution is 7.89. The summed E-state index contributed by atoms with van der Waals surface area (Å²) in [5.41, 5.74) is 7.85. The summed E-state index contributed by atoms with van der Waals surface area (Å²) in [5, 5.41) is 0. The summed E-state index contributed by atoms with van der Waals surface area (Å²) in [5.74, 6) is 0.191. The van der Waals surface area contributed by atoms with Crippen LogP contribution in [0.25, 0.3) is 0 Å². The van der Waals surface area contributed by atoms with Crippen LogP contribution in [0.5, 0.6) is 0 Å². The monoisotopic (exact) mass is 430 g/mol. The second kappa shape index (κ2) is 9.16. The number of nitrogens with two attached hydrogens (primary N) is 1. The third kappa shape index (κ3) is 4.83. The van der Waals surface area contributed by atoms with E-state index in [0.717, 1.165) is 23.9 Å². The Morgan fingerprint density at radius 2 is 1.70 bits per heavy atom. The van der Waals surface area contributed by atoms with Crippen molar-refractivity contribution in [3.05, 3.63) is 59.7 Å². The number of anilines is 1. The first-order valence-electron chi connectivity index (χ1n) is 10.1. The number of rotatable bonds is 6. The van der Waals surface area contributed by atoms with Crippen LogP contribution in [0.3, 0.4) is 0 Å². The molecular weight excluding hydrogens is 400 g/mol. The first-order chi connectivity index (χ1) is 14.2. The molecule has 0 radical (unpaired) electrons. The van der Waals surface area contributed by atoms with Crippen molar-refractivity contribution in [2.24, 2.45) is 0 Å². The number of piperazine rings is 1. The van der Waals surface area contributed by atoms with Crippen molar-refractivity contribution in [2.75, 3.05) is 52.6 Å². The van der Waals surface area contributed by atoms with Gasteiger partial charge in [-0.15, -0.1) is 0 Å². The molecule has 1 heterocycles. The minimum absolute atomic E-state index is 0.0698. The minimum atomic E-state index is -3.63. The Morgan fingerprint density at radius 3 is 2.30 bits per heavy atom. The molecule has 1 aliphatic rings. The maximum absolute atomic E-state index is 13.0. The lowest BCUT2D eigenvalue weighted by molar-refractivity contribution is 0.0632. The van der Waals surface area contributed by atoms with Gasteiger partial charge in [-0.2, -0.15) is 0 Å². The maximum Gasteiger partial charge on any atom is 0.256 e. The van der Waals surface area contributed by atoms with Crippen LogP contribution in [-0.2, 0) is 10.0 Å². The van der Waals surface area contributed by atoms with E-state index in [0.29, 0.717) is 19.0 Å². The topological polar surface area (TPSA) is 87.0 Å². The highest BCUT2D eigenvalue weighted by atomic mass is 32.2. The van der Waals surface area contributed by atoms with Crippen LogP contribution < -0.4 is 5.73 Å². The van der Waals surface area contributed by atoms with E-state index in [9.17, 15) is 13.2 Å². The van der Waals surface area contributed by atoms with Crippen molar-refractivity contribution in [3.8, 4) is 0 Å². The van der Waals surface area contributed by atoms with Crippen molar-refractivity contribution in [3.63, 3.8) is 0 Å². The zero-order valence-corrected chi connectivity index (χ0v) is 18.6. The molecule has 30 heavy (non-hydrogen) atoms. The lowest BCUT2D eigenvalue weighted by Crippen LogP contribution is -2.49. The standard InChI is InChI=1S/C22H30N4O3S/c1-17(18-7-5-4-6-8-18)16-25-11-13-26(14-12-25)22(27)20-15-19(9-10-21(20)23)30(28,29)24(2)3/h4-10,15,17H,11-14,16,23H2,1-3H3. The predicted molar refractivity (Wildman–Crippen MR) is 119 cm³/mol. The maximum atomic E-state index is 13.0. The van der Waals surface area contributed by atoms with E-state index in [1.165, 1.54) is 37.9 Å². The molecule has 1 saturated heterocycles. The molecule has 1 amide bonds. The lowest BCUT2D eigenvalue weighted by Gasteiger charge is -2.36. The summed E-state index contributed by atoms with van der Waals surface area (Å²) >= 11 is 0. The third-order valence-electron chi connectivity index (χ3n) is 5.59. The van der Waals surface area contributed by atoms with E-state index in [2.05, 4.69) is 36.1 Å². The molecule has 0 saturated carbocycles. The van der Waals surface area contributed by atoms with Crippen molar-refractivity contribution >= 4 is 21.6 Å². The number of benzene rings is 2. The molecule has 0 spiro atoms. The number of hydrogen-bond donors (Lipinski definition) is 1. The second-order valence-corrected chi connectivity index (χ2v) is 10.1. The van der Waals surface area contributed by atoms with Gasteiger partial charge in [0.25, 0.3) is 5.91 Å². The Bertz CT molecular complexity index is 985. The Kier molecular flexibility index (Phi) is 6.80. The van der Waals surface area contributed by atoms with Crippen molar-refractivity contribution in [2.45, 2.75) is 17.7 Å². The van der Waals surface area contributed by atoms with Crippen molar-refractivity contribution < 1.29 is 13.2 Å². The quantitative estimate of drug-likeness (QED) is 0.709. The summed E-state index contributed by atoms with van der Waals surface area (Å²) in [6.45, 7) is 5.88. The second-order valence-electron chi connectivity index (χ2n) is 7.94. The van der Waals surface area contributed by atoms with Gasteiger partial charge in [-0.05, 0) is 29.7 Å². The zero-order chi connectivity index (χ0) is 21.9. The SMILES string of the molecule is CC(CN1CCN(C(=O)c2cc(S(=O)(=O)N(C)C)ccc2N)CC1)c1ccccc1.